The predicted molar refractivity (Wildman–Crippen MR) is 119 cm³/mol. The van der Waals surface area contributed by atoms with E-state index >= 15 is 0 Å². The Labute approximate surface area is 183 Å². The highest BCUT2D eigenvalue weighted by Gasteiger charge is 2.37. The molecule has 1 atom stereocenters. The van der Waals surface area contributed by atoms with Crippen LogP contribution in [0.5, 0.6) is 0 Å². The van der Waals surface area contributed by atoms with Crippen LogP contribution in [0.4, 0.5) is 0 Å². The number of nitrogens with zero attached hydrogens (tertiary/aromatic N) is 4. The van der Waals surface area contributed by atoms with Gasteiger partial charge in [-0.05, 0) is 37.5 Å². The predicted octanol–water partition coefficient (Wildman–Crippen LogP) is 2.90. The lowest BCUT2D eigenvalue weighted by atomic mass is 9.99. The van der Waals surface area contributed by atoms with E-state index in [0.29, 0.717) is 19.6 Å². The Bertz CT molecular complexity index is 975. The molecule has 7 heteroatoms. The fourth-order valence-corrected chi connectivity index (χ4v) is 4.00. The number of hydrazone groups is 1. The van der Waals surface area contributed by atoms with Gasteiger partial charge in [0.05, 0.1) is 24.1 Å². The van der Waals surface area contributed by atoms with Gasteiger partial charge in [0.1, 0.15) is 6.54 Å². The van der Waals surface area contributed by atoms with E-state index in [1.54, 1.807) is 17.0 Å². The second-order valence-corrected chi connectivity index (χ2v) is 8.45. The third-order valence-corrected chi connectivity index (χ3v) is 6.00. The minimum absolute atomic E-state index is 0.0188. The van der Waals surface area contributed by atoms with E-state index in [4.69, 9.17) is 9.84 Å². The number of rotatable bonds is 8. The molecule has 0 spiro atoms. The van der Waals surface area contributed by atoms with Gasteiger partial charge in [0.2, 0.25) is 5.91 Å². The molecule has 0 N–H and O–H groups in total. The van der Waals surface area contributed by atoms with Crippen molar-refractivity contribution in [3.05, 3.63) is 59.4 Å². The highest BCUT2D eigenvalue weighted by molar-refractivity contribution is 6.02. The van der Waals surface area contributed by atoms with Crippen molar-refractivity contribution in [1.29, 1.82) is 0 Å². The Balaban J connectivity index is 1.59. The molecule has 1 aromatic heterocycles. The third-order valence-electron chi connectivity index (χ3n) is 6.00. The van der Waals surface area contributed by atoms with Crippen LogP contribution >= 0.6 is 0 Å². The number of benzene rings is 1. The van der Waals surface area contributed by atoms with Crippen LogP contribution < -0.4 is 0 Å². The SMILES string of the molecule is COCCN(CC(=O)N1N=C(c2cccn2C)C[C@H]1c1ccc(C)cc1)C(=O)C1CC1. The molecule has 2 aromatic rings. The maximum absolute atomic E-state index is 13.4. The van der Waals surface area contributed by atoms with Crippen LogP contribution in [-0.2, 0) is 21.4 Å². The van der Waals surface area contributed by atoms with Crippen LogP contribution in [0.2, 0.25) is 0 Å². The monoisotopic (exact) mass is 422 g/mol. The van der Waals surface area contributed by atoms with Crippen LogP contribution in [0.25, 0.3) is 0 Å². The second kappa shape index (κ2) is 9.06. The van der Waals surface area contributed by atoms with Crippen LogP contribution in [-0.4, -0.2) is 58.8 Å². The Morgan fingerprint density at radius 3 is 2.55 bits per heavy atom. The molecule has 0 unspecified atom stereocenters. The fourth-order valence-electron chi connectivity index (χ4n) is 4.00. The van der Waals surface area contributed by atoms with Crippen LogP contribution in [0.15, 0.2) is 47.7 Å². The summed E-state index contributed by atoms with van der Waals surface area (Å²) >= 11 is 0. The summed E-state index contributed by atoms with van der Waals surface area (Å²) in [6, 6.07) is 12.0. The third kappa shape index (κ3) is 4.71. The number of methoxy groups -OCH3 is 1. The summed E-state index contributed by atoms with van der Waals surface area (Å²) in [5.74, 6) is -0.0680. The van der Waals surface area contributed by atoms with Crippen molar-refractivity contribution < 1.29 is 14.3 Å². The molecule has 2 amide bonds. The molecule has 2 heterocycles. The molecule has 1 fully saturated rings. The van der Waals surface area contributed by atoms with Crippen LogP contribution in [0.1, 0.15) is 42.1 Å². The van der Waals surface area contributed by atoms with Crippen molar-refractivity contribution in [2.75, 3.05) is 26.8 Å². The molecule has 1 aliphatic carbocycles. The molecule has 0 saturated heterocycles. The zero-order chi connectivity index (χ0) is 22.0. The average molecular weight is 423 g/mol. The Morgan fingerprint density at radius 2 is 1.94 bits per heavy atom. The Kier molecular flexibility index (Phi) is 6.23. The second-order valence-electron chi connectivity index (χ2n) is 8.45. The minimum atomic E-state index is -0.182. The van der Waals surface area contributed by atoms with Gasteiger partial charge in [-0.15, -0.1) is 0 Å². The first-order chi connectivity index (χ1) is 15.0. The van der Waals surface area contributed by atoms with E-state index in [2.05, 4.69) is 24.3 Å². The van der Waals surface area contributed by atoms with Crippen molar-refractivity contribution in [3.63, 3.8) is 0 Å². The van der Waals surface area contributed by atoms with Crippen molar-refractivity contribution >= 4 is 17.5 Å². The molecule has 1 saturated carbocycles. The fraction of sp³-hybridized carbons (Fsp3) is 0.458. The number of aryl methyl sites for hydroxylation is 2. The molecular formula is C24H30N4O3. The lowest BCUT2D eigenvalue weighted by Gasteiger charge is -2.27. The number of hydrogen-bond donors (Lipinski definition) is 0. The maximum atomic E-state index is 13.4. The van der Waals surface area contributed by atoms with Crippen LogP contribution in [0, 0.1) is 12.8 Å². The summed E-state index contributed by atoms with van der Waals surface area (Å²) in [5.41, 5.74) is 4.09. The van der Waals surface area contributed by atoms with Gasteiger partial charge in [-0.3, -0.25) is 9.59 Å². The summed E-state index contributed by atoms with van der Waals surface area (Å²) in [6.45, 7) is 2.88. The summed E-state index contributed by atoms with van der Waals surface area (Å²) in [4.78, 5) is 27.7. The molecule has 4 rings (SSSR count). The van der Waals surface area contributed by atoms with Crippen molar-refractivity contribution in [1.82, 2.24) is 14.5 Å². The first-order valence-electron chi connectivity index (χ1n) is 10.8. The van der Waals surface area contributed by atoms with E-state index in [1.807, 2.05) is 36.9 Å². The minimum Gasteiger partial charge on any atom is -0.383 e. The van der Waals surface area contributed by atoms with Crippen molar-refractivity contribution in [2.45, 2.75) is 32.2 Å². The zero-order valence-electron chi connectivity index (χ0n) is 18.5. The number of amides is 2. The van der Waals surface area contributed by atoms with Gasteiger partial charge in [0, 0.05) is 39.2 Å². The number of carbonyl (C=O) groups excluding carboxylic acids is 2. The number of aromatic nitrogens is 1. The molecule has 7 nitrogen and oxygen atoms in total. The summed E-state index contributed by atoms with van der Waals surface area (Å²) in [5, 5.41) is 6.31. The number of hydrogen-bond acceptors (Lipinski definition) is 4. The molecule has 31 heavy (non-hydrogen) atoms. The maximum Gasteiger partial charge on any atom is 0.262 e. The van der Waals surface area contributed by atoms with E-state index in [9.17, 15) is 9.59 Å². The number of carbonyl (C=O) groups is 2. The molecule has 0 bridgehead atoms. The molecule has 164 valence electrons. The standard InChI is InChI=1S/C24H30N4O3/c1-17-6-8-18(9-7-17)22-15-20(21-5-4-12-26(21)2)25-28(22)23(29)16-27(13-14-31-3)24(30)19-10-11-19/h4-9,12,19,22H,10-11,13-16H2,1-3H3/t22-/m0/s1. The van der Waals surface area contributed by atoms with E-state index in [1.165, 1.54) is 5.56 Å². The zero-order valence-corrected chi connectivity index (χ0v) is 18.5. The molecule has 0 radical (unpaired) electrons. The van der Waals surface area contributed by atoms with E-state index in [-0.39, 0.29) is 30.3 Å². The topological polar surface area (TPSA) is 67.1 Å². The van der Waals surface area contributed by atoms with Gasteiger partial charge in [-0.1, -0.05) is 29.8 Å². The van der Waals surface area contributed by atoms with Gasteiger partial charge in [-0.25, -0.2) is 5.01 Å². The first kappa shape index (κ1) is 21.3. The molecule has 1 aliphatic heterocycles. The summed E-state index contributed by atoms with van der Waals surface area (Å²) in [7, 11) is 3.58. The van der Waals surface area contributed by atoms with E-state index in [0.717, 1.165) is 29.8 Å². The Morgan fingerprint density at radius 1 is 1.19 bits per heavy atom. The molecule has 1 aromatic carbocycles. The normalized spacial score (nSPS) is 18.2. The number of ether oxygens (including phenoxy) is 1. The van der Waals surface area contributed by atoms with Crippen LogP contribution in [0.3, 0.4) is 0 Å². The van der Waals surface area contributed by atoms with Gasteiger partial charge in [0.25, 0.3) is 5.91 Å². The Hall–Kier alpha value is -2.93. The summed E-state index contributed by atoms with van der Waals surface area (Å²) < 4.78 is 7.18. The lowest BCUT2D eigenvalue weighted by Crippen LogP contribution is -2.43. The molecule has 2 aliphatic rings. The van der Waals surface area contributed by atoms with Gasteiger partial charge >= 0.3 is 0 Å². The largest absolute Gasteiger partial charge is 0.383 e. The smallest absolute Gasteiger partial charge is 0.262 e. The van der Waals surface area contributed by atoms with Gasteiger partial charge in [0.15, 0.2) is 0 Å². The lowest BCUT2D eigenvalue weighted by molar-refractivity contribution is -0.142. The van der Waals surface area contributed by atoms with Gasteiger partial charge in [-0.2, -0.15) is 5.10 Å². The highest BCUT2D eigenvalue weighted by Crippen LogP contribution is 2.34. The first-order valence-corrected chi connectivity index (χ1v) is 10.8. The highest BCUT2D eigenvalue weighted by atomic mass is 16.5. The molecular weight excluding hydrogens is 392 g/mol. The quantitative estimate of drug-likeness (QED) is 0.657. The van der Waals surface area contributed by atoms with Crippen molar-refractivity contribution in [2.24, 2.45) is 18.1 Å². The summed E-state index contributed by atoms with van der Waals surface area (Å²) in [6.07, 6.45) is 4.43. The van der Waals surface area contributed by atoms with Gasteiger partial charge < -0.3 is 14.2 Å². The van der Waals surface area contributed by atoms with E-state index < -0.39 is 0 Å². The average Bonchev–Trinajstić information content (AvgIpc) is 3.38. The van der Waals surface area contributed by atoms with Crippen molar-refractivity contribution in [3.8, 4) is 0 Å².